The van der Waals surface area contributed by atoms with Gasteiger partial charge in [-0.2, -0.15) is 0 Å². The van der Waals surface area contributed by atoms with Crippen molar-refractivity contribution >= 4 is 0 Å². The Kier molecular flexibility index (Phi) is 3.56. The molecule has 6 nitrogen and oxygen atoms in total. The molecule has 0 amide bonds. The summed E-state index contributed by atoms with van der Waals surface area (Å²) < 4.78 is 0. The van der Waals surface area contributed by atoms with Crippen LogP contribution in [-0.4, -0.2) is 20.9 Å². The van der Waals surface area contributed by atoms with Crippen molar-refractivity contribution in [3.63, 3.8) is 0 Å². The molecule has 0 heterocycles. The van der Waals surface area contributed by atoms with Gasteiger partial charge in [0.25, 0.3) is 11.1 Å². The minimum absolute atomic E-state index is 0.144. The van der Waals surface area contributed by atoms with Gasteiger partial charge in [-0.1, -0.05) is 13.8 Å². The van der Waals surface area contributed by atoms with Crippen LogP contribution in [0, 0.1) is 20.2 Å². The summed E-state index contributed by atoms with van der Waals surface area (Å²) in [7, 11) is 0. The standard InChI is InChI=1S/C8H16N2O4/c1-5-7(3,9(11)12)8(4,6-2)10(13)14/h5-6H2,1-4H3/t7-,8-/m0/s1. The summed E-state index contributed by atoms with van der Waals surface area (Å²) in [5.74, 6) is 0. The minimum Gasteiger partial charge on any atom is -0.264 e. The maximum Gasteiger partial charge on any atom is 0.287 e. The summed E-state index contributed by atoms with van der Waals surface area (Å²) in [6.07, 6.45) is 0.288. The quantitative estimate of drug-likeness (QED) is 0.505. The molecule has 0 rings (SSSR count). The molecule has 0 aliphatic heterocycles. The largest absolute Gasteiger partial charge is 0.287 e. The topological polar surface area (TPSA) is 86.3 Å². The van der Waals surface area contributed by atoms with Crippen molar-refractivity contribution in [1.29, 1.82) is 0 Å². The van der Waals surface area contributed by atoms with Crippen LogP contribution in [0.3, 0.4) is 0 Å². The zero-order valence-electron chi connectivity index (χ0n) is 8.94. The molecule has 0 aliphatic rings. The maximum absolute atomic E-state index is 10.9. The summed E-state index contributed by atoms with van der Waals surface area (Å²) in [6, 6.07) is 0. The van der Waals surface area contributed by atoms with E-state index in [1.807, 2.05) is 0 Å². The fourth-order valence-electron chi connectivity index (χ4n) is 1.41. The molecule has 0 saturated carbocycles. The molecule has 2 atom stereocenters. The number of nitrogens with zero attached hydrogens (tertiary/aromatic N) is 2. The van der Waals surface area contributed by atoms with E-state index in [9.17, 15) is 20.2 Å². The molecule has 0 radical (unpaired) electrons. The lowest BCUT2D eigenvalue weighted by Crippen LogP contribution is -2.59. The lowest BCUT2D eigenvalue weighted by atomic mass is 9.76. The van der Waals surface area contributed by atoms with Crippen molar-refractivity contribution in [1.82, 2.24) is 0 Å². The molecule has 0 unspecified atom stereocenters. The maximum atomic E-state index is 10.9. The van der Waals surface area contributed by atoms with Gasteiger partial charge in [-0.05, 0) is 0 Å². The summed E-state index contributed by atoms with van der Waals surface area (Å²) >= 11 is 0. The van der Waals surface area contributed by atoms with Gasteiger partial charge in [-0.15, -0.1) is 0 Å². The van der Waals surface area contributed by atoms with Crippen molar-refractivity contribution in [2.45, 2.75) is 51.6 Å². The van der Waals surface area contributed by atoms with E-state index in [2.05, 4.69) is 0 Å². The monoisotopic (exact) mass is 204 g/mol. The van der Waals surface area contributed by atoms with Crippen LogP contribution in [0.2, 0.25) is 0 Å². The molecule has 0 saturated heterocycles. The predicted molar refractivity (Wildman–Crippen MR) is 51.4 cm³/mol. The molecular formula is C8H16N2O4. The van der Waals surface area contributed by atoms with Crippen molar-refractivity contribution in [3.8, 4) is 0 Å². The Morgan fingerprint density at radius 1 is 0.929 bits per heavy atom. The summed E-state index contributed by atoms with van der Waals surface area (Å²) in [6.45, 7) is 5.86. The van der Waals surface area contributed by atoms with Gasteiger partial charge in [0.05, 0.1) is 0 Å². The second-order valence-electron chi connectivity index (χ2n) is 3.77. The zero-order chi connectivity index (χ0) is 11.6. The van der Waals surface area contributed by atoms with E-state index >= 15 is 0 Å². The van der Waals surface area contributed by atoms with E-state index < -0.39 is 20.9 Å². The number of rotatable bonds is 5. The Labute approximate surface area is 82.6 Å². The van der Waals surface area contributed by atoms with Crippen LogP contribution in [0.4, 0.5) is 0 Å². The van der Waals surface area contributed by atoms with E-state index in [1.165, 1.54) is 13.8 Å². The summed E-state index contributed by atoms with van der Waals surface area (Å²) in [5, 5.41) is 21.7. The average Bonchev–Trinajstić information content (AvgIpc) is 2.14. The van der Waals surface area contributed by atoms with Crippen LogP contribution < -0.4 is 0 Å². The van der Waals surface area contributed by atoms with E-state index in [-0.39, 0.29) is 12.8 Å². The molecule has 0 aliphatic carbocycles. The van der Waals surface area contributed by atoms with Gasteiger partial charge in [0.1, 0.15) is 0 Å². The smallest absolute Gasteiger partial charge is 0.264 e. The Hall–Kier alpha value is -1.20. The second-order valence-corrected chi connectivity index (χ2v) is 3.77. The lowest BCUT2D eigenvalue weighted by molar-refractivity contribution is -0.681. The first kappa shape index (κ1) is 12.8. The van der Waals surface area contributed by atoms with Gasteiger partial charge < -0.3 is 0 Å². The molecule has 0 aromatic heterocycles. The minimum atomic E-state index is -1.51. The van der Waals surface area contributed by atoms with Crippen LogP contribution in [0.15, 0.2) is 0 Å². The highest BCUT2D eigenvalue weighted by molar-refractivity contribution is 4.92. The third-order valence-electron chi connectivity index (χ3n) is 3.34. The first-order chi connectivity index (χ1) is 6.26. The van der Waals surface area contributed by atoms with E-state index in [0.29, 0.717) is 0 Å². The van der Waals surface area contributed by atoms with Crippen molar-refractivity contribution in [2.75, 3.05) is 0 Å². The van der Waals surface area contributed by atoms with E-state index in [0.717, 1.165) is 0 Å². The molecule has 0 aromatic rings. The molecule has 6 heteroatoms. The highest BCUT2D eigenvalue weighted by Crippen LogP contribution is 2.34. The predicted octanol–water partition coefficient (Wildman–Crippen LogP) is 1.88. The van der Waals surface area contributed by atoms with E-state index in [1.54, 1.807) is 13.8 Å². The van der Waals surface area contributed by atoms with Crippen LogP contribution >= 0.6 is 0 Å². The lowest BCUT2D eigenvalue weighted by Gasteiger charge is -2.30. The Morgan fingerprint density at radius 3 is 1.21 bits per heavy atom. The SMILES string of the molecule is CC[C@](C)([N+](=O)[O-])[C@](C)(CC)[N+](=O)[O-]. The number of hydrogen-bond acceptors (Lipinski definition) is 4. The second kappa shape index (κ2) is 3.89. The first-order valence-electron chi connectivity index (χ1n) is 4.55. The molecule has 0 aromatic carbocycles. The fourth-order valence-corrected chi connectivity index (χ4v) is 1.41. The van der Waals surface area contributed by atoms with Gasteiger partial charge in [-0.25, -0.2) is 0 Å². The van der Waals surface area contributed by atoms with Crippen LogP contribution in [0.5, 0.6) is 0 Å². The molecule has 0 spiro atoms. The Bertz CT molecular complexity index is 230. The molecule has 0 bridgehead atoms. The average molecular weight is 204 g/mol. The van der Waals surface area contributed by atoms with Gasteiger partial charge in [0.15, 0.2) is 0 Å². The number of nitro groups is 2. The van der Waals surface area contributed by atoms with Gasteiger partial charge in [-0.3, -0.25) is 20.2 Å². The van der Waals surface area contributed by atoms with Gasteiger partial charge in [0, 0.05) is 36.5 Å². The van der Waals surface area contributed by atoms with Crippen LogP contribution in [-0.2, 0) is 0 Å². The Balaban J connectivity index is 5.37. The fraction of sp³-hybridized carbons (Fsp3) is 1.00. The third kappa shape index (κ3) is 1.56. The van der Waals surface area contributed by atoms with Crippen LogP contribution in [0.25, 0.3) is 0 Å². The first-order valence-corrected chi connectivity index (χ1v) is 4.55. The van der Waals surface area contributed by atoms with Gasteiger partial charge >= 0.3 is 0 Å². The van der Waals surface area contributed by atoms with Crippen molar-refractivity contribution < 1.29 is 9.85 Å². The van der Waals surface area contributed by atoms with Crippen LogP contribution in [0.1, 0.15) is 40.5 Å². The van der Waals surface area contributed by atoms with Crippen molar-refractivity contribution in [2.24, 2.45) is 0 Å². The van der Waals surface area contributed by atoms with E-state index in [4.69, 9.17) is 0 Å². The molecule has 82 valence electrons. The highest BCUT2D eigenvalue weighted by atomic mass is 16.6. The highest BCUT2D eigenvalue weighted by Gasteiger charge is 2.62. The molecule has 0 fully saturated rings. The van der Waals surface area contributed by atoms with Gasteiger partial charge in [0.2, 0.25) is 0 Å². The third-order valence-corrected chi connectivity index (χ3v) is 3.34. The zero-order valence-corrected chi connectivity index (χ0v) is 8.94. The molecule has 14 heavy (non-hydrogen) atoms. The Morgan fingerprint density at radius 2 is 1.14 bits per heavy atom. The molecule has 0 N–H and O–H groups in total. The summed E-state index contributed by atoms with van der Waals surface area (Å²) in [5.41, 5.74) is -3.02. The van der Waals surface area contributed by atoms with Crippen molar-refractivity contribution in [3.05, 3.63) is 20.2 Å². The normalized spacial score (nSPS) is 19.4. The number of hydrogen-bond donors (Lipinski definition) is 0. The summed E-state index contributed by atoms with van der Waals surface area (Å²) in [4.78, 5) is 20.6. The molecular weight excluding hydrogens is 188 g/mol.